The maximum absolute atomic E-state index is 9.75. The summed E-state index contributed by atoms with van der Waals surface area (Å²) in [5.41, 5.74) is 0. The normalized spacial score (nSPS) is 10.7. The van der Waals surface area contributed by atoms with E-state index in [2.05, 4.69) is 116 Å². The zero-order valence-corrected chi connectivity index (χ0v) is 64.4. The van der Waals surface area contributed by atoms with Crippen LogP contribution < -0.4 is 0 Å². The molecule has 0 amide bonds. The van der Waals surface area contributed by atoms with Crippen molar-refractivity contribution in [2.24, 2.45) is 0 Å². The number of thioether (sulfide) groups is 4. The van der Waals surface area contributed by atoms with Crippen LogP contribution in [0.15, 0.2) is 216 Å². The Kier molecular flexibility index (Phi) is 44.0. The van der Waals surface area contributed by atoms with Gasteiger partial charge < -0.3 is 69.1 Å². The van der Waals surface area contributed by atoms with E-state index in [0.717, 1.165) is 80.2 Å². The molecule has 26 nitrogen and oxygen atoms in total. The van der Waals surface area contributed by atoms with Gasteiger partial charge in [0.1, 0.15) is 0 Å². The van der Waals surface area contributed by atoms with Crippen LogP contribution in [0.4, 0.5) is 69.1 Å². The molecule has 0 atom stereocenters. The van der Waals surface area contributed by atoms with Crippen LogP contribution in [-0.2, 0) is 34.1 Å². The maximum Gasteiger partial charge on any atom is 2.00 e. The van der Waals surface area contributed by atoms with Gasteiger partial charge >= 0.3 is 63.2 Å². The average Bonchev–Trinajstić information content (AvgIpc) is 1.56. The molecule has 0 fully saturated rings. The molecule has 0 radical (unpaired) electrons. The summed E-state index contributed by atoms with van der Waals surface area (Å²) < 4.78 is 170. The van der Waals surface area contributed by atoms with Crippen LogP contribution in [-0.4, -0.2) is 172 Å². The molecule has 0 unspecified atom stereocenters. The van der Waals surface area contributed by atoms with E-state index >= 15 is 0 Å². The van der Waals surface area contributed by atoms with Crippen molar-refractivity contribution in [3.63, 3.8) is 0 Å². The van der Waals surface area contributed by atoms with Gasteiger partial charge in [0.15, 0.2) is 60.6 Å². The number of rotatable bonds is 16. The van der Waals surface area contributed by atoms with Crippen LogP contribution in [0.5, 0.6) is 0 Å². The largest absolute Gasteiger partial charge is 2.00 e. The Bertz CT molecular complexity index is 3650. The molecule has 0 aliphatic carbocycles. The molecule has 52 heteroatoms. The second-order valence-corrected chi connectivity index (χ2v) is 27.8. The van der Waals surface area contributed by atoms with Crippen LogP contribution in [0.3, 0.4) is 0 Å². The Balaban J connectivity index is 0.000000653. The molecular weight excluding hydrogens is 1660 g/mol. The number of nitrogens with zero attached hydrogens (tertiary/aromatic N) is 22. The van der Waals surface area contributed by atoms with Gasteiger partial charge in [0.2, 0.25) is 0 Å². The minimum Gasteiger partial charge on any atom is -0.418 e. The van der Waals surface area contributed by atoms with Crippen molar-refractivity contribution in [2.75, 3.05) is 14.1 Å². The molecule has 0 N–H and O–H groups in total. The summed E-state index contributed by atoms with van der Waals surface area (Å²) in [7, 11) is -22.2. The molecule has 12 heterocycles. The van der Waals surface area contributed by atoms with E-state index in [9.17, 15) is 69.1 Å². The maximum atomic E-state index is 9.75. The van der Waals surface area contributed by atoms with Gasteiger partial charge in [-0.1, -0.05) is 55.4 Å². The Morgan fingerprint density at radius 3 is 0.455 bits per heavy atom. The van der Waals surface area contributed by atoms with E-state index in [1.807, 2.05) is 147 Å². The zero-order valence-electron chi connectivity index (χ0n) is 59.0. The first kappa shape index (κ1) is 98.7. The summed E-state index contributed by atoms with van der Waals surface area (Å²) in [4.78, 5) is 39.7. The van der Waals surface area contributed by atoms with E-state index in [0.29, 0.717) is 21.0 Å². The van der Waals surface area contributed by atoms with Crippen molar-refractivity contribution in [1.29, 1.82) is 0 Å². The van der Waals surface area contributed by atoms with Crippen LogP contribution >= 0.6 is 47.0 Å². The Hall–Kier alpha value is -9.34. The molecule has 0 aromatic carbocycles. The second kappa shape index (κ2) is 49.0. The third kappa shape index (κ3) is 46.2. The van der Waals surface area contributed by atoms with E-state index in [1.54, 1.807) is 134 Å². The minimum absolute atomic E-state index is 0. The second-order valence-electron chi connectivity index (χ2n) is 21.2. The fraction of sp³-hybridized carbons (Fsp3) is 0.241. The van der Waals surface area contributed by atoms with Gasteiger partial charge in [-0.3, -0.25) is 20.2 Å². The van der Waals surface area contributed by atoms with Crippen molar-refractivity contribution in [3.8, 4) is 46.5 Å². The minimum atomic E-state index is -6.00. The molecule has 110 heavy (non-hydrogen) atoms. The third-order valence-corrected chi connectivity index (χ3v) is 14.4. The third-order valence-electron chi connectivity index (χ3n) is 10.5. The summed E-state index contributed by atoms with van der Waals surface area (Å²) >= 11 is 7.20. The SMILES string of the molecule is CC(C)Sc1cc(-n2cccn2)nc(-n2cccn2)c1.CC(C)Sc1cc(-n2cccn2)nc(-n2cccn2)c1.CC(C)Sc1cc(-n2cccn2)nc(-n2cccn2)c1.CC(C)Sc1cc(-n2cccn2)nc(-n2cccn2)c1.C[N+](=O)[O-].C[N+](=O)[O-].F[B-](F)(F)F.F[B-](F)(F)F.F[B-](F)(F)F.F[B-](F)(F)F.[Fe+2].[Fe+2]. The zero-order chi connectivity index (χ0) is 81.0. The summed E-state index contributed by atoms with van der Waals surface area (Å²) in [6.07, 6.45) is 29.1. The van der Waals surface area contributed by atoms with Crippen LogP contribution in [0.25, 0.3) is 46.5 Å². The van der Waals surface area contributed by atoms with E-state index < -0.39 is 38.9 Å². The van der Waals surface area contributed by atoms with Gasteiger partial charge in [0.25, 0.3) is 0 Å². The van der Waals surface area contributed by atoms with Crippen LogP contribution in [0.1, 0.15) is 55.4 Å². The first-order chi connectivity index (χ1) is 50.3. The fourth-order valence-electron chi connectivity index (χ4n) is 7.45. The molecule has 596 valence electrons. The molecule has 12 aromatic heterocycles. The molecule has 0 saturated carbocycles. The molecule has 0 saturated heterocycles. The molecule has 0 aliphatic heterocycles. The Morgan fingerprint density at radius 1 is 0.282 bits per heavy atom. The first-order valence-corrected chi connectivity index (χ1v) is 34.3. The Labute approximate surface area is 656 Å². The molecule has 12 rings (SSSR count). The monoisotopic (exact) mass is 1720 g/mol. The van der Waals surface area contributed by atoms with Crippen molar-refractivity contribution in [2.45, 2.75) is 96.0 Å². The standard InChI is InChI=1S/4C14H15N5S.2CH3NO2.4BF4.2Fe/c4*1-11(2)20-12-9-13(18-7-3-5-15-18)17-14(10-12)19-8-4-6-16-19;2*1-2(3)4;4*2-1(3,4)5;;/h4*3-11H,1-2H3;2*1H3;;;;;;/q;;;;;;4*-1;2*+2. The topological polar surface area (TPSA) is 280 Å². The van der Waals surface area contributed by atoms with Crippen LogP contribution in [0.2, 0.25) is 0 Å². The molecular formula is C58H66B4F16Fe2N22O4S4. The predicted octanol–water partition coefficient (Wildman–Crippen LogP) is 16.8. The number of hydrogen-bond donors (Lipinski definition) is 0. The number of halogens is 16. The fourth-order valence-corrected chi connectivity index (χ4v) is 11.0. The van der Waals surface area contributed by atoms with E-state index in [1.165, 1.54) is 0 Å². The van der Waals surface area contributed by atoms with E-state index in [-0.39, 0.29) is 34.1 Å². The van der Waals surface area contributed by atoms with Gasteiger partial charge in [-0.15, -0.1) is 47.0 Å². The van der Waals surface area contributed by atoms with Gasteiger partial charge in [-0.2, -0.15) is 40.8 Å². The summed E-state index contributed by atoms with van der Waals surface area (Å²) in [5, 5.41) is 53.6. The smallest absolute Gasteiger partial charge is 0.418 e. The van der Waals surface area contributed by atoms with Gasteiger partial charge in [0.05, 0.1) is 0 Å². The predicted molar refractivity (Wildman–Crippen MR) is 384 cm³/mol. The number of aromatic nitrogens is 20. The van der Waals surface area contributed by atoms with Gasteiger partial charge in [0, 0.05) is 150 Å². The summed E-state index contributed by atoms with van der Waals surface area (Å²) in [5.74, 6) is 6.38. The van der Waals surface area contributed by atoms with Crippen LogP contribution in [0, 0.1) is 20.2 Å². The molecule has 0 bridgehead atoms. The van der Waals surface area contributed by atoms with Gasteiger partial charge in [-0.25, -0.2) is 57.4 Å². The molecule has 0 aliphatic rings. The number of hydrogen-bond acceptors (Lipinski definition) is 20. The molecule has 12 aromatic rings. The Morgan fingerprint density at radius 2 is 0.382 bits per heavy atom. The van der Waals surface area contributed by atoms with Crippen molar-refractivity contribution in [3.05, 3.63) is 216 Å². The van der Waals surface area contributed by atoms with Crippen molar-refractivity contribution < 1.29 is 113 Å². The summed E-state index contributed by atoms with van der Waals surface area (Å²) in [6, 6.07) is 31.5. The van der Waals surface area contributed by atoms with Gasteiger partial charge in [-0.05, 0) is 97.1 Å². The number of pyridine rings is 4. The van der Waals surface area contributed by atoms with Crippen molar-refractivity contribution >= 4 is 76.1 Å². The van der Waals surface area contributed by atoms with E-state index in [4.69, 9.17) is 20.2 Å². The molecule has 0 spiro atoms. The van der Waals surface area contributed by atoms with Crippen molar-refractivity contribution in [1.82, 2.24) is 98.2 Å². The first-order valence-electron chi connectivity index (χ1n) is 30.8. The quantitative estimate of drug-likeness (QED) is 0.0286. The average molecular weight is 1720 g/mol. The summed E-state index contributed by atoms with van der Waals surface area (Å²) in [6.45, 7) is 17.4. The number of nitro groups is 2.